The summed E-state index contributed by atoms with van der Waals surface area (Å²) in [5.41, 5.74) is 7.86. The van der Waals surface area contributed by atoms with Crippen LogP contribution in [-0.2, 0) is 15.6 Å². The van der Waals surface area contributed by atoms with Crippen LogP contribution >= 0.6 is 0 Å². The summed E-state index contributed by atoms with van der Waals surface area (Å²) in [6, 6.07) is 24.2. The van der Waals surface area contributed by atoms with Crippen LogP contribution in [0.1, 0.15) is 68.9 Å². The van der Waals surface area contributed by atoms with E-state index in [4.69, 9.17) is 5.11 Å². The van der Waals surface area contributed by atoms with E-state index in [2.05, 4.69) is 95.3 Å². The van der Waals surface area contributed by atoms with Gasteiger partial charge >= 0.3 is 210 Å². The van der Waals surface area contributed by atoms with Crippen LogP contribution < -0.4 is 8.92 Å². The maximum absolute atomic E-state index is 10.8. The maximum atomic E-state index is 10.8. The van der Waals surface area contributed by atoms with Gasteiger partial charge in [0, 0.05) is 0 Å². The van der Waals surface area contributed by atoms with Crippen molar-refractivity contribution in [2.75, 3.05) is 0 Å². The molecule has 0 spiro atoms. The summed E-state index contributed by atoms with van der Waals surface area (Å²) in [5, 5.41) is 8.91. The molecule has 0 heterocycles. The molecule has 0 amide bonds. The molecule has 1 N–H and O–H groups in total. The molecule has 0 fully saturated rings. The molecule has 3 aromatic rings. The number of carboxylic acids is 1. The van der Waals surface area contributed by atoms with Gasteiger partial charge in [-0.3, -0.25) is 0 Å². The molecule has 0 aromatic heterocycles. The van der Waals surface area contributed by atoms with Gasteiger partial charge in [0.05, 0.1) is 0 Å². The monoisotopic (exact) mass is 516 g/mol. The molecule has 0 aliphatic heterocycles. The van der Waals surface area contributed by atoms with Crippen molar-refractivity contribution in [1.29, 1.82) is 0 Å². The van der Waals surface area contributed by atoms with Gasteiger partial charge in [-0.25, -0.2) is 0 Å². The predicted molar refractivity (Wildman–Crippen MR) is 144 cm³/mol. The Labute approximate surface area is 209 Å². The minimum absolute atomic E-state index is 0.0857. The quantitative estimate of drug-likeness (QED) is 0.342. The number of benzene rings is 3. The van der Waals surface area contributed by atoms with Gasteiger partial charge in [-0.05, 0) is 0 Å². The number of allylic oxidation sites excluding steroid dienone is 1. The van der Waals surface area contributed by atoms with E-state index in [0.29, 0.717) is 0 Å². The first kappa shape index (κ1) is 24.3. The number of carboxylic acid groups (broad SMARTS) is 1. The molecule has 0 bridgehead atoms. The van der Waals surface area contributed by atoms with E-state index >= 15 is 0 Å². The zero-order valence-electron chi connectivity index (χ0n) is 20.6. The summed E-state index contributed by atoms with van der Waals surface area (Å²) in [6.45, 7) is 11.4. The average Bonchev–Trinajstić information content (AvgIpc) is 2.78. The van der Waals surface area contributed by atoms with Crippen molar-refractivity contribution < 1.29 is 9.90 Å². The molecule has 0 saturated carbocycles. The Kier molecular flexibility index (Phi) is 6.71. The molecule has 34 heavy (non-hydrogen) atoms. The molecule has 0 unspecified atom stereocenters. The van der Waals surface area contributed by atoms with Crippen LogP contribution in [0.5, 0.6) is 0 Å². The molecule has 2 nitrogen and oxygen atoms in total. The van der Waals surface area contributed by atoms with Crippen molar-refractivity contribution in [2.24, 2.45) is 0 Å². The van der Waals surface area contributed by atoms with Gasteiger partial charge in [0.15, 0.2) is 0 Å². The van der Waals surface area contributed by atoms with E-state index in [1.165, 1.54) is 42.8 Å². The zero-order chi connectivity index (χ0) is 24.5. The molecular weight excluding hydrogens is 483 g/mol. The van der Waals surface area contributed by atoms with Gasteiger partial charge in [0.1, 0.15) is 0 Å². The first-order valence-corrected chi connectivity index (χ1v) is 13.4. The summed E-state index contributed by atoms with van der Waals surface area (Å²) in [7, 11) is 0. The fourth-order valence-corrected chi connectivity index (χ4v) is 6.31. The van der Waals surface area contributed by atoms with Crippen LogP contribution in [-0.4, -0.2) is 26.0 Å². The molecular formula is C31H32O2Se. The Bertz CT molecular complexity index is 1270. The summed E-state index contributed by atoms with van der Waals surface area (Å²) in [6.07, 6.45) is 6.26. The average molecular weight is 516 g/mol. The fraction of sp³-hybridized carbons (Fsp3) is 0.258. The van der Waals surface area contributed by atoms with E-state index in [1.807, 2.05) is 12.1 Å². The molecule has 0 saturated heterocycles. The van der Waals surface area contributed by atoms with Crippen LogP contribution in [0.2, 0.25) is 0 Å². The first-order chi connectivity index (χ1) is 16.0. The van der Waals surface area contributed by atoms with Crippen LogP contribution in [0.4, 0.5) is 0 Å². The van der Waals surface area contributed by atoms with E-state index in [1.54, 1.807) is 6.08 Å². The van der Waals surface area contributed by atoms with Gasteiger partial charge < -0.3 is 0 Å². The van der Waals surface area contributed by atoms with E-state index < -0.39 is 5.97 Å². The third-order valence-electron chi connectivity index (χ3n) is 6.40. The van der Waals surface area contributed by atoms with Gasteiger partial charge in [-0.1, -0.05) is 0 Å². The molecule has 1 aliphatic rings. The number of fused-ring (bicyclic) bond motifs is 1. The van der Waals surface area contributed by atoms with Crippen molar-refractivity contribution in [1.82, 2.24) is 0 Å². The van der Waals surface area contributed by atoms with Gasteiger partial charge in [0.2, 0.25) is 0 Å². The van der Waals surface area contributed by atoms with Crippen LogP contribution in [0, 0.1) is 0 Å². The third kappa shape index (κ3) is 5.43. The Morgan fingerprint density at radius 1 is 0.971 bits per heavy atom. The first-order valence-electron chi connectivity index (χ1n) is 11.7. The number of aliphatic carboxylic acids is 1. The Balaban J connectivity index is 1.65. The predicted octanol–water partition coefficient (Wildman–Crippen LogP) is 5.85. The molecule has 3 aromatic carbocycles. The van der Waals surface area contributed by atoms with Crippen LogP contribution in [0.25, 0.3) is 11.6 Å². The zero-order valence-corrected chi connectivity index (χ0v) is 22.3. The Morgan fingerprint density at radius 2 is 1.68 bits per heavy atom. The van der Waals surface area contributed by atoms with Crippen LogP contribution in [0.15, 0.2) is 78.9 Å². The van der Waals surface area contributed by atoms with E-state index in [0.717, 1.165) is 12.0 Å². The van der Waals surface area contributed by atoms with Crippen molar-refractivity contribution >= 4 is 41.5 Å². The van der Waals surface area contributed by atoms with Gasteiger partial charge in [-0.15, -0.1) is 0 Å². The Morgan fingerprint density at radius 3 is 2.35 bits per heavy atom. The Hall–Kier alpha value is -2.87. The third-order valence-corrected chi connectivity index (χ3v) is 8.46. The van der Waals surface area contributed by atoms with E-state index in [9.17, 15) is 4.79 Å². The second kappa shape index (κ2) is 9.41. The van der Waals surface area contributed by atoms with Crippen molar-refractivity contribution in [3.8, 4) is 0 Å². The molecule has 174 valence electrons. The second-order valence-electron chi connectivity index (χ2n) is 10.6. The number of carbonyl (C=O) groups is 1. The summed E-state index contributed by atoms with van der Waals surface area (Å²) >= 11 is 0.147. The number of hydrogen-bond acceptors (Lipinski definition) is 1. The molecule has 0 radical (unpaired) electrons. The summed E-state index contributed by atoms with van der Waals surface area (Å²) in [4.78, 5) is 10.8. The van der Waals surface area contributed by atoms with Crippen LogP contribution in [0.3, 0.4) is 0 Å². The normalized spacial score (nSPS) is 15.1. The number of hydrogen-bond donors (Lipinski definition) is 1. The number of rotatable bonds is 5. The van der Waals surface area contributed by atoms with Crippen molar-refractivity contribution in [2.45, 2.75) is 51.9 Å². The summed E-state index contributed by atoms with van der Waals surface area (Å²) < 4.78 is 2.57. The van der Waals surface area contributed by atoms with E-state index in [-0.39, 0.29) is 25.8 Å². The standard InChI is InChI=1S/C31H32O2Se/c1-30(2,3)23-12-10-22(11-13-23)26-17-18-31(4,5)28-20-25(14-15-27(26)28)34-24-8-6-7-21(19-24)9-16-29(32)33/h6-17,19-20H,18H2,1-5H3,(H,32,33). The van der Waals surface area contributed by atoms with Crippen molar-refractivity contribution in [3.05, 3.63) is 107 Å². The molecule has 4 rings (SSSR count). The van der Waals surface area contributed by atoms with Crippen molar-refractivity contribution in [3.63, 3.8) is 0 Å². The fourth-order valence-electron chi connectivity index (χ4n) is 4.37. The SMILES string of the molecule is CC(C)(C)c1ccc(C2=CCC(C)(C)c3cc([Se]c4cccc(C=CC(=O)O)c4)ccc32)cc1. The molecule has 3 heteroatoms. The minimum atomic E-state index is -0.926. The topological polar surface area (TPSA) is 37.3 Å². The van der Waals surface area contributed by atoms with Gasteiger partial charge in [0.25, 0.3) is 0 Å². The molecule has 0 atom stereocenters. The van der Waals surface area contributed by atoms with Gasteiger partial charge in [-0.2, -0.15) is 0 Å². The summed E-state index contributed by atoms with van der Waals surface area (Å²) in [5.74, 6) is -0.926. The second-order valence-corrected chi connectivity index (χ2v) is 13.0. The molecule has 1 aliphatic carbocycles.